The van der Waals surface area contributed by atoms with Crippen LogP contribution in [0.3, 0.4) is 0 Å². The minimum absolute atomic E-state index is 0.856. The zero-order chi connectivity index (χ0) is 28.6. The third-order valence-corrected chi connectivity index (χ3v) is 9.80. The van der Waals surface area contributed by atoms with E-state index in [0.717, 1.165) is 12.8 Å². The fourth-order valence-corrected chi connectivity index (χ4v) is 7.86. The van der Waals surface area contributed by atoms with E-state index in [-0.39, 0.29) is 0 Å². The molecule has 1 heteroatoms. The Morgan fingerprint density at radius 2 is 0.953 bits per heavy atom. The number of allylic oxidation sites excluding steroid dienone is 4. The summed E-state index contributed by atoms with van der Waals surface area (Å²) in [4.78, 5) is 0. The fourth-order valence-electron chi connectivity index (χ4n) is 6.73. The van der Waals surface area contributed by atoms with Crippen LogP contribution >= 0.6 is 11.3 Å². The number of hydrogen-bond acceptors (Lipinski definition) is 1. The van der Waals surface area contributed by atoms with E-state index in [1.807, 2.05) is 11.3 Å². The lowest BCUT2D eigenvalue weighted by atomic mass is 9.88. The van der Waals surface area contributed by atoms with Crippen LogP contribution in [0.2, 0.25) is 0 Å². The van der Waals surface area contributed by atoms with Crippen LogP contribution in [0.15, 0.2) is 158 Å². The highest BCUT2D eigenvalue weighted by Gasteiger charge is 2.15. The van der Waals surface area contributed by atoms with Crippen molar-refractivity contribution in [2.75, 3.05) is 0 Å². The summed E-state index contributed by atoms with van der Waals surface area (Å²) in [6, 6.07) is 49.0. The zero-order valence-electron chi connectivity index (χ0n) is 23.8. The van der Waals surface area contributed by atoms with Crippen LogP contribution in [0.25, 0.3) is 53.2 Å². The average Bonchev–Trinajstić information content (AvgIpc) is 3.46. The third-order valence-electron chi connectivity index (χ3n) is 8.67. The van der Waals surface area contributed by atoms with Gasteiger partial charge < -0.3 is 0 Å². The fraction of sp³-hybridized carbons (Fsp3) is 0.0476. The Labute approximate surface area is 255 Å². The lowest BCUT2D eigenvalue weighted by molar-refractivity contribution is 1.29. The summed E-state index contributed by atoms with van der Waals surface area (Å²) >= 11 is 1.89. The quantitative estimate of drug-likeness (QED) is 0.200. The molecule has 0 saturated carbocycles. The van der Waals surface area contributed by atoms with Gasteiger partial charge in [-0.3, -0.25) is 0 Å². The molecule has 8 rings (SSSR count). The molecule has 1 aliphatic rings. The minimum atomic E-state index is 0.856. The average molecular weight is 567 g/mol. The standard InChI is InChI=1S/C42H30S/c1-2-7-18-36(38-24-14-26-41-42(38)39-23-12-13-25-40(39)43-41)34-22-11-10-21-33(34)35(17-6-1)37-28-27-30(29-15-4-3-5-16-29)31-19-8-9-20-32(31)37/h1-16,19-28H,17-18H2/b6-1?,7-2?,35-33+,36-34+. The van der Waals surface area contributed by atoms with E-state index < -0.39 is 0 Å². The summed E-state index contributed by atoms with van der Waals surface area (Å²) in [5.74, 6) is 0. The normalized spacial score (nSPS) is 16.1. The van der Waals surface area contributed by atoms with Crippen molar-refractivity contribution >= 4 is 53.4 Å². The first-order valence-corrected chi connectivity index (χ1v) is 15.8. The summed E-state index contributed by atoms with van der Waals surface area (Å²) in [6.45, 7) is 0. The summed E-state index contributed by atoms with van der Waals surface area (Å²) in [7, 11) is 0. The first-order chi connectivity index (χ1) is 21.4. The molecule has 43 heavy (non-hydrogen) atoms. The minimum Gasteiger partial charge on any atom is -0.135 e. The molecule has 0 unspecified atom stereocenters. The van der Waals surface area contributed by atoms with Gasteiger partial charge in [-0.15, -0.1) is 11.3 Å². The van der Waals surface area contributed by atoms with Crippen LogP contribution < -0.4 is 10.4 Å². The Bertz CT molecular complexity index is 2330. The largest absolute Gasteiger partial charge is 0.135 e. The molecule has 0 aliphatic heterocycles. The van der Waals surface area contributed by atoms with Gasteiger partial charge in [0.2, 0.25) is 0 Å². The molecule has 0 N–H and O–H groups in total. The molecule has 1 aliphatic carbocycles. The van der Waals surface area contributed by atoms with Crippen molar-refractivity contribution in [3.05, 3.63) is 179 Å². The smallest absolute Gasteiger partial charge is 0.0361 e. The van der Waals surface area contributed by atoms with Crippen LogP contribution in [0, 0.1) is 0 Å². The second-order valence-electron chi connectivity index (χ2n) is 11.1. The molecule has 6 aromatic carbocycles. The number of fused-ring (bicyclic) bond motifs is 5. The molecule has 1 aromatic heterocycles. The topological polar surface area (TPSA) is 0 Å². The van der Waals surface area contributed by atoms with E-state index in [0.29, 0.717) is 0 Å². The van der Waals surface area contributed by atoms with Gasteiger partial charge >= 0.3 is 0 Å². The Morgan fingerprint density at radius 1 is 0.395 bits per heavy atom. The van der Waals surface area contributed by atoms with E-state index >= 15 is 0 Å². The summed E-state index contributed by atoms with van der Waals surface area (Å²) in [5.41, 5.74) is 7.89. The molecule has 0 atom stereocenters. The Kier molecular flexibility index (Phi) is 6.59. The highest BCUT2D eigenvalue weighted by molar-refractivity contribution is 7.25. The van der Waals surface area contributed by atoms with Gasteiger partial charge in [-0.05, 0) is 79.6 Å². The molecule has 0 saturated heterocycles. The summed E-state index contributed by atoms with van der Waals surface area (Å²) < 4.78 is 2.69. The van der Waals surface area contributed by atoms with Gasteiger partial charge in [-0.25, -0.2) is 0 Å². The van der Waals surface area contributed by atoms with Gasteiger partial charge in [-0.1, -0.05) is 146 Å². The molecule has 0 nitrogen and oxygen atoms in total. The van der Waals surface area contributed by atoms with E-state index in [4.69, 9.17) is 0 Å². The van der Waals surface area contributed by atoms with Gasteiger partial charge in [0.05, 0.1) is 0 Å². The molecule has 0 bridgehead atoms. The lowest BCUT2D eigenvalue weighted by Crippen LogP contribution is -2.30. The van der Waals surface area contributed by atoms with Crippen molar-refractivity contribution < 1.29 is 0 Å². The van der Waals surface area contributed by atoms with Crippen LogP contribution in [0.4, 0.5) is 0 Å². The Balaban J connectivity index is 1.48. The second-order valence-corrected chi connectivity index (χ2v) is 12.2. The Hall–Kier alpha value is -4.98. The maximum Gasteiger partial charge on any atom is 0.0361 e. The molecule has 0 amide bonds. The van der Waals surface area contributed by atoms with Gasteiger partial charge in [0, 0.05) is 20.2 Å². The van der Waals surface area contributed by atoms with E-state index in [1.54, 1.807) is 0 Å². The van der Waals surface area contributed by atoms with E-state index in [9.17, 15) is 0 Å². The predicted molar refractivity (Wildman–Crippen MR) is 187 cm³/mol. The molecular formula is C42H30S. The van der Waals surface area contributed by atoms with Gasteiger partial charge in [0.15, 0.2) is 0 Å². The SMILES string of the molecule is C1=CC/C(c2ccc(-c3ccccc3)c3ccccc23)=c2/cccc/c2=C(\c2cccc3sc4ccccc4c23)CC=C1. The Morgan fingerprint density at radius 3 is 1.70 bits per heavy atom. The van der Waals surface area contributed by atoms with Gasteiger partial charge in [0.1, 0.15) is 0 Å². The van der Waals surface area contributed by atoms with Crippen molar-refractivity contribution in [1.82, 2.24) is 0 Å². The van der Waals surface area contributed by atoms with E-state index in [2.05, 4.69) is 158 Å². The van der Waals surface area contributed by atoms with Gasteiger partial charge in [-0.2, -0.15) is 0 Å². The molecule has 204 valence electrons. The zero-order valence-corrected chi connectivity index (χ0v) is 24.7. The first kappa shape index (κ1) is 25.7. The maximum absolute atomic E-state index is 2.35. The van der Waals surface area contributed by atoms with Crippen LogP contribution in [-0.4, -0.2) is 0 Å². The predicted octanol–water partition coefficient (Wildman–Crippen LogP) is 10.2. The number of hydrogen-bond donors (Lipinski definition) is 0. The van der Waals surface area contributed by atoms with Gasteiger partial charge in [0.25, 0.3) is 0 Å². The lowest BCUT2D eigenvalue weighted by Gasteiger charge is -2.16. The maximum atomic E-state index is 2.35. The monoisotopic (exact) mass is 566 g/mol. The second kappa shape index (κ2) is 11.0. The first-order valence-electron chi connectivity index (χ1n) is 15.0. The number of rotatable bonds is 3. The van der Waals surface area contributed by atoms with Crippen molar-refractivity contribution in [3.8, 4) is 11.1 Å². The van der Waals surface area contributed by atoms with E-state index in [1.165, 1.54) is 74.8 Å². The summed E-state index contributed by atoms with van der Waals surface area (Å²) in [6.07, 6.45) is 10.8. The molecular weight excluding hydrogens is 537 g/mol. The number of benzene rings is 6. The highest BCUT2D eigenvalue weighted by atomic mass is 32.1. The molecule has 0 fully saturated rings. The van der Waals surface area contributed by atoms with Crippen LogP contribution in [-0.2, 0) is 0 Å². The summed E-state index contributed by atoms with van der Waals surface area (Å²) in [5, 5.41) is 7.92. The van der Waals surface area contributed by atoms with Crippen molar-refractivity contribution in [1.29, 1.82) is 0 Å². The number of thiophene rings is 1. The highest BCUT2D eigenvalue weighted by Crippen LogP contribution is 2.39. The van der Waals surface area contributed by atoms with Crippen molar-refractivity contribution in [3.63, 3.8) is 0 Å². The molecule has 1 heterocycles. The third kappa shape index (κ3) is 4.54. The van der Waals surface area contributed by atoms with Crippen LogP contribution in [0.1, 0.15) is 24.0 Å². The molecule has 0 spiro atoms. The molecule has 7 aromatic rings. The van der Waals surface area contributed by atoms with Crippen molar-refractivity contribution in [2.24, 2.45) is 0 Å². The van der Waals surface area contributed by atoms with Crippen LogP contribution in [0.5, 0.6) is 0 Å². The van der Waals surface area contributed by atoms with Crippen molar-refractivity contribution in [2.45, 2.75) is 12.8 Å². The molecule has 0 radical (unpaired) electrons.